The number of rotatable bonds is 8. The van der Waals surface area contributed by atoms with E-state index >= 15 is 0 Å². The van der Waals surface area contributed by atoms with E-state index in [2.05, 4.69) is 27.6 Å². The molecule has 1 fully saturated rings. The third-order valence-electron chi connectivity index (χ3n) is 3.94. The molecule has 6 nitrogen and oxygen atoms in total. The molecule has 2 rings (SSSR count). The predicted molar refractivity (Wildman–Crippen MR) is 104 cm³/mol. The molecule has 1 heterocycles. The Morgan fingerprint density at radius 3 is 2.83 bits per heavy atom. The molecule has 23 heavy (non-hydrogen) atoms. The van der Waals surface area contributed by atoms with Gasteiger partial charge in [0.1, 0.15) is 0 Å². The summed E-state index contributed by atoms with van der Waals surface area (Å²) in [7, 11) is 1.94. The number of nitrogens with zero attached hydrogens (tertiary/aromatic N) is 3. The van der Waals surface area contributed by atoms with Gasteiger partial charge in [-0.3, -0.25) is 4.68 Å². The summed E-state index contributed by atoms with van der Waals surface area (Å²) in [6.07, 6.45) is 8.44. The second-order valence-corrected chi connectivity index (χ2v) is 5.70. The Labute approximate surface area is 156 Å². The number of guanidine groups is 1. The Bertz CT molecular complexity index is 457. The van der Waals surface area contributed by atoms with E-state index in [1.165, 1.54) is 25.7 Å². The zero-order valence-corrected chi connectivity index (χ0v) is 16.6. The van der Waals surface area contributed by atoms with Crippen molar-refractivity contribution in [3.05, 3.63) is 18.0 Å². The van der Waals surface area contributed by atoms with Crippen LogP contribution in [0.5, 0.6) is 0 Å². The minimum Gasteiger partial charge on any atom is -0.378 e. The zero-order valence-electron chi connectivity index (χ0n) is 14.3. The van der Waals surface area contributed by atoms with E-state index in [1.807, 2.05) is 17.8 Å². The van der Waals surface area contributed by atoms with E-state index in [-0.39, 0.29) is 24.0 Å². The Kier molecular flexibility index (Phi) is 10.3. The standard InChI is InChI=1S/C16H29N5O.HI/c1-3-17-16(19-13-14-9-11-20-21(14)2)18-10-6-12-22-15-7-4-5-8-15;/h9,11,15H,3-8,10,12-13H2,1-2H3,(H2,17,18,19);1H. The molecule has 0 bridgehead atoms. The first-order valence-corrected chi connectivity index (χ1v) is 8.40. The minimum atomic E-state index is 0. The summed E-state index contributed by atoms with van der Waals surface area (Å²) >= 11 is 0. The van der Waals surface area contributed by atoms with Crippen molar-refractivity contribution in [2.45, 2.75) is 51.7 Å². The second kappa shape index (κ2) is 11.7. The van der Waals surface area contributed by atoms with Crippen molar-refractivity contribution in [2.75, 3.05) is 19.7 Å². The highest BCUT2D eigenvalue weighted by molar-refractivity contribution is 14.0. The molecule has 0 aliphatic heterocycles. The number of aryl methyl sites for hydroxylation is 1. The number of hydrogen-bond acceptors (Lipinski definition) is 3. The topological polar surface area (TPSA) is 63.5 Å². The lowest BCUT2D eigenvalue weighted by molar-refractivity contribution is 0.0574. The molecule has 1 aliphatic rings. The van der Waals surface area contributed by atoms with Gasteiger partial charge in [0.05, 0.1) is 18.3 Å². The largest absolute Gasteiger partial charge is 0.378 e. The summed E-state index contributed by atoms with van der Waals surface area (Å²) in [5.74, 6) is 0.851. The summed E-state index contributed by atoms with van der Waals surface area (Å²) in [6, 6.07) is 1.99. The molecule has 2 N–H and O–H groups in total. The molecule has 0 atom stereocenters. The lowest BCUT2D eigenvalue weighted by atomic mass is 10.3. The fourth-order valence-corrected chi connectivity index (χ4v) is 2.64. The van der Waals surface area contributed by atoms with Crippen LogP contribution >= 0.6 is 24.0 Å². The van der Waals surface area contributed by atoms with Gasteiger partial charge in [0.25, 0.3) is 0 Å². The molecule has 0 spiro atoms. The maximum Gasteiger partial charge on any atom is 0.191 e. The van der Waals surface area contributed by atoms with Crippen LogP contribution in [-0.2, 0) is 18.3 Å². The van der Waals surface area contributed by atoms with Gasteiger partial charge in [-0.05, 0) is 32.3 Å². The summed E-state index contributed by atoms with van der Waals surface area (Å²) in [4.78, 5) is 4.58. The number of nitrogens with one attached hydrogen (secondary N) is 2. The van der Waals surface area contributed by atoms with Crippen molar-refractivity contribution in [1.29, 1.82) is 0 Å². The number of hydrogen-bond donors (Lipinski definition) is 2. The van der Waals surface area contributed by atoms with E-state index in [0.717, 1.165) is 37.8 Å². The zero-order chi connectivity index (χ0) is 15.6. The van der Waals surface area contributed by atoms with Gasteiger partial charge in [-0.1, -0.05) is 12.8 Å². The number of aromatic nitrogens is 2. The quantitative estimate of drug-likeness (QED) is 0.285. The summed E-state index contributed by atoms with van der Waals surface area (Å²) in [6.45, 7) is 5.27. The molecule has 0 aromatic carbocycles. The van der Waals surface area contributed by atoms with Crippen LogP contribution in [0.4, 0.5) is 0 Å². The molecule has 7 heteroatoms. The summed E-state index contributed by atoms with van der Waals surface area (Å²) in [5, 5.41) is 10.8. The number of aliphatic imine (C=N–C) groups is 1. The fraction of sp³-hybridized carbons (Fsp3) is 0.750. The maximum atomic E-state index is 5.87. The highest BCUT2D eigenvalue weighted by atomic mass is 127. The van der Waals surface area contributed by atoms with Crippen LogP contribution in [0.3, 0.4) is 0 Å². The molecular weight excluding hydrogens is 405 g/mol. The van der Waals surface area contributed by atoms with Crippen molar-refractivity contribution in [2.24, 2.45) is 12.0 Å². The molecule has 0 radical (unpaired) electrons. The molecule has 0 amide bonds. The van der Waals surface area contributed by atoms with Gasteiger partial charge in [-0.2, -0.15) is 5.10 Å². The summed E-state index contributed by atoms with van der Waals surface area (Å²) in [5.41, 5.74) is 1.10. The van der Waals surface area contributed by atoms with Crippen LogP contribution in [0.15, 0.2) is 17.3 Å². The molecule has 1 aromatic heterocycles. The lowest BCUT2D eigenvalue weighted by Crippen LogP contribution is -2.38. The average molecular weight is 435 g/mol. The average Bonchev–Trinajstić information content (AvgIpc) is 3.16. The third-order valence-corrected chi connectivity index (χ3v) is 3.94. The van der Waals surface area contributed by atoms with Gasteiger partial charge in [0.2, 0.25) is 0 Å². The van der Waals surface area contributed by atoms with Gasteiger partial charge >= 0.3 is 0 Å². The SMILES string of the molecule is CCNC(=NCc1ccnn1C)NCCCOC1CCCC1.I. The first-order chi connectivity index (χ1) is 10.8. The molecule has 132 valence electrons. The van der Waals surface area contributed by atoms with Gasteiger partial charge in [-0.15, -0.1) is 24.0 Å². The highest BCUT2D eigenvalue weighted by Gasteiger charge is 2.14. The van der Waals surface area contributed by atoms with E-state index in [0.29, 0.717) is 12.6 Å². The predicted octanol–water partition coefficient (Wildman–Crippen LogP) is 2.44. The highest BCUT2D eigenvalue weighted by Crippen LogP contribution is 2.20. The van der Waals surface area contributed by atoms with Crippen molar-refractivity contribution < 1.29 is 4.74 Å². The van der Waals surface area contributed by atoms with E-state index in [4.69, 9.17) is 4.74 Å². The fourth-order valence-electron chi connectivity index (χ4n) is 2.64. The molecule has 1 aliphatic carbocycles. The van der Waals surface area contributed by atoms with Crippen LogP contribution in [-0.4, -0.2) is 41.5 Å². The lowest BCUT2D eigenvalue weighted by Gasteiger charge is -2.13. The third kappa shape index (κ3) is 7.52. The molecule has 0 unspecified atom stereocenters. The molecule has 1 aromatic rings. The van der Waals surface area contributed by atoms with Crippen LogP contribution < -0.4 is 10.6 Å². The van der Waals surface area contributed by atoms with Crippen molar-refractivity contribution in [3.63, 3.8) is 0 Å². The smallest absolute Gasteiger partial charge is 0.191 e. The Balaban J connectivity index is 0.00000264. The monoisotopic (exact) mass is 435 g/mol. The van der Waals surface area contributed by atoms with Crippen LogP contribution in [0.2, 0.25) is 0 Å². The van der Waals surface area contributed by atoms with Crippen molar-refractivity contribution in [1.82, 2.24) is 20.4 Å². The van der Waals surface area contributed by atoms with Gasteiger partial charge in [-0.25, -0.2) is 4.99 Å². The number of ether oxygens (including phenoxy) is 1. The van der Waals surface area contributed by atoms with Gasteiger partial charge in [0, 0.05) is 32.9 Å². The normalized spacial score (nSPS) is 15.5. The van der Waals surface area contributed by atoms with E-state index in [9.17, 15) is 0 Å². The Morgan fingerprint density at radius 2 is 2.17 bits per heavy atom. The van der Waals surface area contributed by atoms with Crippen molar-refractivity contribution >= 4 is 29.9 Å². The Morgan fingerprint density at radius 1 is 1.39 bits per heavy atom. The maximum absolute atomic E-state index is 5.87. The summed E-state index contributed by atoms with van der Waals surface area (Å²) < 4.78 is 7.72. The molecular formula is C16H30IN5O. The minimum absolute atomic E-state index is 0. The second-order valence-electron chi connectivity index (χ2n) is 5.70. The van der Waals surface area contributed by atoms with E-state index < -0.39 is 0 Å². The number of halogens is 1. The van der Waals surface area contributed by atoms with E-state index in [1.54, 1.807) is 6.20 Å². The van der Waals surface area contributed by atoms with Gasteiger partial charge < -0.3 is 15.4 Å². The van der Waals surface area contributed by atoms with Gasteiger partial charge in [0.15, 0.2) is 5.96 Å². The molecule has 0 saturated heterocycles. The van der Waals surface area contributed by atoms with Crippen LogP contribution in [0.25, 0.3) is 0 Å². The van der Waals surface area contributed by atoms with Crippen LogP contribution in [0, 0.1) is 0 Å². The Hall–Kier alpha value is -0.830. The van der Waals surface area contributed by atoms with Crippen molar-refractivity contribution in [3.8, 4) is 0 Å². The first-order valence-electron chi connectivity index (χ1n) is 8.40. The molecule has 1 saturated carbocycles. The van der Waals surface area contributed by atoms with Crippen LogP contribution in [0.1, 0.15) is 44.7 Å². The first kappa shape index (κ1) is 20.2.